The highest BCUT2D eigenvalue weighted by molar-refractivity contribution is 5.95. The summed E-state index contributed by atoms with van der Waals surface area (Å²) in [5.74, 6) is -0.641. The Morgan fingerprint density at radius 3 is 2.38 bits per heavy atom. The van der Waals surface area contributed by atoms with Crippen molar-refractivity contribution in [3.05, 3.63) is 71.0 Å². The van der Waals surface area contributed by atoms with Crippen LogP contribution in [0.5, 0.6) is 0 Å². The van der Waals surface area contributed by atoms with Crippen LogP contribution >= 0.6 is 0 Å². The molecule has 1 heterocycles. The van der Waals surface area contributed by atoms with Crippen LogP contribution in [0.15, 0.2) is 48.5 Å². The largest absolute Gasteiger partial charge is 0.356 e. The van der Waals surface area contributed by atoms with Gasteiger partial charge in [-0.05, 0) is 49.4 Å². The van der Waals surface area contributed by atoms with E-state index in [1.165, 1.54) is 6.07 Å². The van der Waals surface area contributed by atoms with E-state index in [0.717, 1.165) is 5.56 Å². The SMILES string of the molecule is Cc1ccccc1C(=O)NCCC(=O)N1CCC(C(=O)NCCc2ccccc2F)CC1. The molecule has 1 aliphatic rings. The maximum Gasteiger partial charge on any atom is 0.251 e. The van der Waals surface area contributed by atoms with Gasteiger partial charge in [0, 0.05) is 44.1 Å². The van der Waals surface area contributed by atoms with E-state index in [1.807, 2.05) is 25.1 Å². The Kier molecular flexibility index (Phi) is 8.36. The first-order valence-corrected chi connectivity index (χ1v) is 11.1. The highest BCUT2D eigenvalue weighted by Gasteiger charge is 2.27. The summed E-state index contributed by atoms with van der Waals surface area (Å²) < 4.78 is 13.7. The zero-order chi connectivity index (χ0) is 22.9. The predicted molar refractivity (Wildman–Crippen MR) is 121 cm³/mol. The monoisotopic (exact) mass is 439 g/mol. The quantitative estimate of drug-likeness (QED) is 0.664. The molecular weight excluding hydrogens is 409 g/mol. The first kappa shape index (κ1) is 23.4. The van der Waals surface area contributed by atoms with E-state index in [-0.39, 0.29) is 42.4 Å². The molecule has 6 nitrogen and oxygen atoms in total. The first-order chi connectivity index (χ1) is 15.5. The van der Waals surface area contributed by atoms with Gasteiger partial charge in [0.2, 0.25) is 11.8 Å². The van der Waals surface area contributed by atoms with Crippen molar-refractivity contribution in [2.45, 2.75) is 32.6 Å². The maximum atomic E-state index is 13.7. The Labute approximate surface area is 188 Å². The normalized spacial score (nSPS) is 14.1. The lowest BCUT2D eigenvalue weighted by Crippen LogP contribution is -2.44. The van der Waals surface area contributed by atoms with Crippen LogP contribution in [0.3, 0.4) is 0 Å². The van der Waals surface area contributed by atoms with Crippen molar-refractivity contribution in [1.29, 1.82) is 0 Å². The number of carbonyl (C=O) groups excluding carboxylic acids is 3. The first-order valence-electron chi connectivity index (χ1n) is 11.1. The van der Waals surface area contributed by atoms with Crippen molar-refractivity contribution in [3.8, 4) is 0 Å². The molecule has 0 atom stereocenters. The highest BCUT2D eigenvalue weighted by Crippen LogP contribution is 2.18. The average Bonchev–Trinajstić information content (AvgIpc) is 2.80. The number of hydrogen-bond donors (Lipinski definition) is 2. The second-order valence-corrected chi connectivity index (χ2v) is 8.11. The average molecular weight is 440 g/mol. The van der Waals surface area contributed by atoms with Crippen molar-refractivity contribution in [1.82, 2.24) is 15.5 Å². The van der Waals surface area contributed by atoms with Crippen LogP contribution in [0.25, 0.3) is 0 Å². The van der Waals surface area contributed by atoms with Crippen LogP contribution < -0.4 is 10.6 Å². The molecule has 170 valence electrons. The molecule has 3 amide bonds. The van der Waals surface area contributed by atoms with E-state index < -0.39 is 0 Å². The number of aryl methyl sites for hydroxylation is 1. The minimum atomic E-state index is -0.260. The maximum absolute atomic E-state index is 13.7. The molecule has 0 saturated carbocycles. The van der Waals surface area contributed by atoms with E-state index in [9.17, 15) is 18.8 Å². The van der Waals surface area contributed by atoms with E-state index in [0.29, 0.717) is 50.0 Å². The smallest absolute Gasteiger partial charge is 0.251 e. The van der Waals surface area contributed by atoms with Crippen LogP contribution in [0.2, 0.25) is 0 Å². The van der Waals surface area contributed by atoms with Gasteiger partial charge in [-0.1, -0.05) is 36.4 Å². The highest BCUT2D eigenvalue weighted by atomic mass is 19.1. The lowest BCUT2D eigenvalue weighted by atomic mass is 9.95. The standard InChI is InChI=1S/C25H30FN3O3/c1-18-6-2-4-8-21(18)25(32)28-15-11-23(30)29-16-12-20(13-17-29)24(31)27-14-10-19-7-3-5-9-22(19)26/h2-9,20H,10-17H2,1H3,(H,27,31)(H,28,32). The molecule has 0 aliphatic carbocycles. The minimum absolute atomic E-state index is 0.0199. The second kappa shape index (κ2) is 11.4. The number of nitrogens with zero attached hydrogens (tertiary/aromatic N) is 1. The fourth-order valence-corrected chi connectivity index (χ4v) is 3.92. The van der Waals surface area contributed by atoms with Crippen LogP contribution in [0.1, 0.15) is 40.7 Å². The van der Waals surface area contributed by atoms with Crippen LogP contribution in [-0.4, -0.2) is 48.8 Å². The molecule has 0 aromatic heterocycles. The van der Waals surface area contributed by atoms with Crippen molar-refractivity contribution in [3.63, 3.8) is 0 Å². The molecule has 0 unspecified atom stereocenters. The Morgan fingerprint density at radius 2 is 1.66 bits per heavy atom. The number of benzene rings is 2. The number of halogens is 1. The summed E-state index contributed by atoms with van der Waals surface area (Å²) in [6.07, 6.45) is 1.89. The third-order valence-corrected chi connectivity index (χ3v) is 5.88. The summed E-state index contributed by atoms with van der Waals surface area (Å²) >= 11 is 0. The van der Waals surface area contributed by atoms with Crippen molar-refractivity contribution >= 4 is 17.7 Å². The van der Waals surface area contributed by atoms with Gasteiger partial charge in [-0.25, -0.2) is 4.39 Å². The molecular formula is C25H30FN3O3. The zero-order valence-electron chi connectivity index (χ0n) is 18.4. The lowest BCUT2D eigenvalue weighted by Gasteiger charge is -2.31. The van der Waals surface area contributed by atoms with Gasteiger partial charge in [-0.15, -0.1) is 0 Å². The molecule has 2 aromatic carbocycles. The predicted octanol–water partition coefficient (Wildman–Crippen LogP) is 2.85. The fourth-order valence-electron chi connectivity index (χ4n) is 3.92. The summed E-state index contributed by atoms with van der Waals surface area (Å²) in [5.41, 5.74) is 2.09. The zero-order valence-corrected chi connectivity index (χ0v) is 18.4. The lowest BCUT2D eigenvalue weighted by molar-refractivity contribution is -0.135. The van der Waals surface area contributed by atoms with Crippen molar-refractivity contribution in [2.24, 2.45) is 5.92 Å². The van der Waals surface area contributed by atoms with Gasteiger partial charge in [0.05, 0.1) is 0 Å². The summed E-state index contributed by atoms with van der Waals surface area (Å²) in [5, 5.41) is 5.68. The number of hydrogen-bond acceptors (Lipinski definition) is 3. The summed E-state index contributed by atoms with van der Waals surface area (Å²) in [4.78, 5) is 38.9. The number of nitrogens with one attached hydrogen (secondary N) is 2. The molecule has 7 heteroatoms. The van der Waals surface area contributed by atoms with E-state index >= 15 is 0 Å². The van der Waals surface area contributed by atoms with E-state index in [1.54, 1.807) is 29.2 Å². The summed E-state index contributed by atoms with van der Waals surface area (Å²) in [7, 11) is 0. The Bertz CT molecular complexity index is 955. The van der Waals surface area contributed by atoms with Gasteiger partial charge in [0.1, 0.15) is 5.82 Å². The van der Waals surface area contributed by atoms with Crippen molar-refractivity contribution in [2.75, 3.05) is 26.2 Å². The molecule has 3 rings (SSSR count). The second-order valence-electron chi connectivity index (χ2n) is 8.11. The number of rotatable bonds is 8. The molecule has 0 radical (unpaired) electrons. The molecule has 0 spiro atoms. The van der Waals surface area contributed by atoms with Crippen LogP contribution in [0, 0.1) is 18.7 Å². The van der Waals surface area contributed by atoms with Gasteiger partial charge in [0.15, 0.2) is 0 Å². The van der Waals surface area contributed by atoms with Gasteiger partial charge >= 0.3 is 0 Å². The molecule has 2 aromatic rings. The molecule has 32 heavy (non-hydrogen) atoms. The Morgan fingerprint density at radius 1 is 0.969 bits per heavy atom. The molecule has 2 N–H and O–H groups in total. The Balaban J connectivity index is 1.34. The molecule has 1 fully saturated rings. The van der Waals surface area contributed by atoms with E-state index in [4.69, 9.17) is 0 Å². The summed E-state index contributed by atoms with van der Waals surface area (Å²) in [6, 6.07) is 13.9. The Hall–Kier alpha value is -3.22. The number of piperidine rings is 1. The number of likely N-dealkylation sites (tertiary alicyclic amines) is 1. The van der Waals surface area contributed by atoms with Crippen molar-refractivity contribution < 1.29 is 18.8 Å². The van der Waals surface area contributed by atoms with E-state index in [2.05, 4.69) is 10.6 Å². The third-order valence-electron chi connectivity index (χ3n) is 5.88. The van der Waals surface area contributed by atoms with Gasteiger partial charge in [-0.2, -0.15) is 0 Å². The van der Waals surface area contributed by atoms with Gasteiger partial charge in [0.25, 0.3) is 5.91 Å². The topological polar surface area (TPSA) is 78.5 Å². The molecule has 1 aliphatic heterocycles. The minimum Gasteiger partial charge on any atom is -0.356 e. The molecule has 1 saturated heterocycles. The third kappa shape index (κ3) is 6.39. The number of amides is 3. The number of carbonyl (C=O) groups is 3. The van der Waals surface area contributed by atoms with Gasteiger partial charge in [-0.3, -0.25) is 14.4 Å². The van der Waals surface area contributed by atoms with Crippen LogP contribution in [0.4, 0.5) is 4.39 Å². The fraction of sp³-hybridized carbons (Fsp3) is 0.400. The summed E-state index contributed by atoms with van der Waals surface area (Å²) in [6.45, 7) is 3.59. The van der Waals surface area contributed by atoms with Gasteiger partial charge < -0.3 is 15.5 Å². The van der Waals surface area contributed by atoms with Crippen LogP contribution in [-0.2, 0) is 16.0 Å². The molecule has 0 bridgehead atoms.